The molecule has 1 atom stereocenters. The Morgan fingerprint density at radius 2 is 2.00 bits per heavy atom. The first-order chi connectivity index (χ1) is 7.19. The summed E-state index contributed by atoms with van der Waals surface area (Å²) in [6, 6.07) is 6.56. The summed E-state index contributed by atoms with van der Waals surface area (Å²) in [5.41, 5.74) is 1.08. The molecular weight excluding hydrogens is 189 g/mol. The van der Waals surface area contributed by atoms with Gasteiger partial charge in [-0.2, -0.15) is 5.26 Å². The van der Waals surface area contributed by atoms with Crippen molar-refractivity contribution >= 4 is 0 Å². The van der Waals surface area contributed by atoms with E-state index in [1.807, 2.05) is 33.8 Å². The molecule has 82 valence electrons. The molecule has 0 aliphatic carbocycles. The minimum atomic E-state index is -0.270. The highest BCUT2D eigenvalue weighted by Crippen LogP contribution is 2.22. The third-order valence-electron chi connectivity index (χ3n) is 2.27. The standard InChI is InChI=1S/C11H12FN.C2H6/c1-3-8(2)10-5-4-9(7-13)6-11(10)12;1-2/h4-6,8H,3H2,1-2H3;1-2H3. The van der Waals surface area contributed by atoms with E-state index in [1.165, 1.54) is 6.07 Å². The van der Waals surface area contributed by atoms with E-state index < -0.39 is 0 Å². The Balaban J connectivity index is 0.000000921. The van der Waals surface area contributed by atoms with Gasteiger partial charge in [-0.3, -0.25) is 0 Å². The highest BCUT2D eigenvalue weighted by molar-refractivity contribution is 5.34. The Kier molecular flexibility index (Phi) is 6.37. The Labute approximate surface area is 91.5 Å². The van der Waals surface area contributed by atoms with Gasteiger partial charge >= 0.3 is 0 Å². The first kappa shape index (κ1) is 13.6. The van der Waals surface area contributed by atoms with Crippen LogP contribution < -0.4 is 0 Å². The molecule has 0 saturated carbocycles. The van der Waals surface area contributed by atoms with E-state index in [0.717, 1.165) is 6.42 Å². The van der Waals surface area contributed by atoms with E-state index >= 15 is 0 Å². The summed E-state index contributed by atoms with van der Waals surface area (Å²) >= 11 is 0. The zero-order chi connectivity index (χ0) is 11.8. The van der Waals surface area contributed by atoms with E-state index in [1.54, 1.807) is 12.1 Å². The molecule has 0 aliphatic heterocycles. The molecule has 0 heterocycles. The number of hydrogen-bond donors (Lipinski definition) is 0. The Morgan fingerprint density at radius 1 is 1.40 bits per heavy atom. The van der Waals surface area contributed by atoms with E-state index in [4.69, 9.17) is 5.26 Å². The second kappa shape index (κ2) is 7.00. The molecule has 1 aromatic rings. The summed E-state index contributed by atoms with van der Waals surface area (Å²) in [6.07, 6.45) is 0.906. The van der Waals surface area contributed by atoms with Gasteiger partial charge in [-0.1, -0.05) is 33.8 Å². The van der Waals surface area contributed by atoms with Crippen molar-refractivity contribution in [2.45, 2.75) is 40.0 Å². The van der Waals surface area contributed by atoms with Crippen LogP contribution >= 0.6 is 0 Å². The molecular formula is C13H18FN. The highest BCUT2D eigenvalue weighted by Gasteiger charge is 2.08. The molecule has 0 saturated heterocycles. The maximum atomic E-state index is 13.3. The molecule has 1 rings (SSSR count). The van der Waals surface area contributed by atoms with Crippen molar-refractivity contribution in [3.8, 4) is 6.07 Å². The first-order valence-corrected chi connectivity index (χ1v) is 5.38. The topological polar surface area (TPSA) is 23.8 Å². The van der Waals surface area contributed by atoms with Gasteiger partial charge in [0.25, 0.3) is 0 Å². The summed E-state index contributed by atoms with van der Waals surface area (Å²) in [5, 5.41) is 8.53. The molecule has 0 aromatic heterocycles. The summed E-state index contributed by atoms with van der Waals surface area (Å²) in [4.78, 5) is 0. The van der Waals surface area contributed by atoms with E-state index in [9.17, 15) is 4.39 Å². The Morgan fingerprint density at radius 3 is 2.40 bits per heavy atom. The predicted molar refractivity (Wildman–Crippen MR) is 61.2 cm³/mol. The molecule has 1 nitrogen and oxygen atoms in total. The van der Waals surface area contributed by atoms with Crippen molar-refractivity contribution in [2.24, 2.45) is 0 Å². The molecule has 0 fully saturated rings. The lowest BCUT2D eigenvalue weighted by atomic mass is 9.97. The van der Waals surface area contributed by atoms with Gasteiger partial charge in [-0.25, -0.2) is 4.39 Å². The van der Waals surface area contributed by atoms with Crippen LogP contribution in [0.5, 0.6) is 0 Å². The average molecular weight is 207 g/mol. The molecule has 15 heavy (non-hydrogen) atoms. The number of nitrogens with zero attached hydrogens (tertiary/aromatic N) is 1. The maximum absolute atomic E-state index is 13.3. The predicted octanol–water partition coefficient (Wildman–Crippen LogP) is 4.24. The molecule has 0 amide bonds. The fourth-order valence-corrected chi connectivity index (χ4v) is 1.22. The molecule has 2 heteroatoms. The summed E-state index contributed by atoms with van der Waals surface area (Å²) in [5.74, 6) is -0.0545. The Hall–Kier alpha value is -1.36. The smallest absolute Gasteiger partial charge is 0.127 e. The summed E-state index contributed by atoms with van der Waals surface area (Å²) < 4.78 is 13.3. The van der Waals surface area contributed by atoms with Crippen LogP contribution in [0.15, 0.2) is 18.2 Å². The van der Waals surface area contributed by atoms with E-state index in [0.29, 0.717) is 11.1 Å². The van der Waals surface area contributed by atoms with Gasteiger partial charge in [-0.15, -0.1) is 0 Å². The second-order valence-corrected chi connectivity index (χ2v) is 3.16. The van der Waals surface area contributed by atoms with Gasteiger partial charge in [0.2, 0.25) is 0 Å². The summed E-state index contributed by atoms with van der Waals surface area (Å²) in [7, 11) is 0. The second-order valence-electron chi connectivity index (χ2n) is 3.16. The lowest BCUT2D eigenvalue weighted by Gasteiger charge is -2.09. The van der Waals surface area contributed by atoms with Crippen LogP contribution in [0.4, 0.5) is 4.39 Å². The van der Waals surface area contributed by atoms with E-state index in [2.05, 4.69) is 0 Å². The normalized spacial score (nSPS) is 10.9. The minimum Gasteiger partial charge on any atom is -0.207 e. The lowest BCUT2D eigenvalue weighted by molar-refractivity contribution is 0.583. The van der Waals surface area contributed by atoms with Gasteiger partial charge in [0.05, 0.1) is 11.6 Å². The minimum absolute atomic E-state index is 0.216. The third-order valence-corrected chi connectivity index (χ3v) is 2.27. The zero-order valence-corrected chi connectivity index (χ0v) is 9.84. The molecule has 1 unspecified atom stereocenters. The molecule has 0 aliphatic rings. The largest absolute Gasteiger partial charge is 0.207 e. The average Bonchev–Trinajstić information content (AvgIpc) is 2.30. The van der Waals surface area contributed by atoms with Crippen LogP contribution in [0.1, 0.15) is 51.2 Å². The van der Waals surface area contributed by atoms with Gasteiger partial charge in [-0.05, 0) is 30.0 Å². The van der Waals surface area contributed by atoms with Crippen LogP contribution in [0.3, 0.4) is 0 Å². The number of nitriles is 1. The molecule has 0 spiro atoms. The van der Waals surface area contributed by atoms with Crippen LogP contribution in [-0.4, -0.2) is 0 Å². The fraction of sp³-hybridized carbons (Fsp3) is 0.462. The van der Waals surface area contributed by atoms with E-state index in [-0.39, 0.29) is 11.7 Å². The van der Waals surface area contributed by atoms with Crippen LogP contribution in [0.2, 0.25) is 0 Å². The number of benzene rings is 1. The number of rotatable bonds is 2. The van der Waals surface area contributed by atoms with Crippen molar-refractivity contribution < 1.29 is 4.39 Å². The maximum Gasteiger partial charge on any atom is 0.127 e. The van der Waals surface area contributed by atoms with Gasteiger partial charge in [0, 0.05) is 0 Å². The quantitative estimate of drug-likeness (QED) is 0.711. The molecule has 0 radical (unpaired) electrons. The summed E-state index contributed by atoms with van der Waals surface area (Å²) in [6.45, 7) is 7.99. The highest BCUT2D eigenvalue weighted by atomic mass is 19.1. The van der Waals surface area contributed by atoms with Crippen molar-refractivity contribution in [3.05, 3.63) is 35.1 Å². The van der Waals surface area contributed by atoms with Crippen LogP contribution in [0, 0.1) is 17.1 Å². The van der Waals surface area contributed by atoms with Crippen LogP contribution in [-0.2, 0) is 0 Å². The van der Waals surface area contributed by atoms with Crippen LogP contribution in [0.25, 0.3) is 0 Å². The molecule has 0 N–H and O–H groups in total. The van der Waals surface area contributed by atoms with Crippen molar-refractivity contribution in [1.82, 2.24) is 0 Å². The van der Waals surface area contributed by atoms with Gasteiger partial charge in [0.15, 0.2) is 0 Å². The van der Waals surface area contributed by atoms with Crippen molar-refractivity contribution in [1.29, 1.82) is 5.26 Å². The van der Waals surface area contributed by atoms with Crippen molar-refractivity contribution in [2.75, 3.05) is 0 Å². The molecule has 1 aromatic carbocycles. The molecule has 0 bridgehead atoms. The third kappa shape index (κ3) is 3.71. The number of hydrogen-bond acceptors (Lipinski definition) is 1. The van der Waals surface area contributed by atoms with Gasteiger partial charge in [0.1, 0.15) is 5.82 Å². The SMILES string of the molecule is CC.CCC(C)c1ccc(C#N)cc1F. The lowest BCUT2D eigenvalue weighted by Crippen LogP contribution is -1.96. The van der Waals surface area contributed by atoms with Gasteiger partial charge < -0.3 is 0 Å². The monoisotopic (exact) mass is 207 g/mol. The fourth-order valence-electron chi connectivity index (χ4n) is 1.22. The van der Waals surface area contributed by atoms with Crippen molar-refractivity contribution in [3.63, 3.8) is 0 Å². The zero-order valence-electron chi connectivity index (χ0n) is 9.84. The first-order valence-electron chi connectivity index (χ1n) is 5.38. The number of halogens is 1. The Bertz CT molecular complexity index is 339.